The summed E-state index contributed by atoms with van der Waals surface area (Å²) in [6.45, 7) is 14.9. The SMILES string of the molecule is C.C.NC12C[N-]CC[N-]CC(N)(C[N-]CC[N-]C1)C[N-]CC[N-]C2.NC12C[N-]CC[N-]CC(NCc3ccc([N+](=O)[O-])cc3)(C[N-]CC[N-]C1)C[N-]CC[N-]C2.O=Cc1ccc([N+](=O)[O-])cc1.[Cu].[Cu]. The van der Waals surface area contributed by atoms with Crippen molar-refractivity contribution < 1.29 is 48.8 Å². The van der Waals surface area contributed by atoms with Crippen LogP contribution in [0.3, 0.4) is 0 Å². The average Bonchev–Trinajstić information content (AvgIpc) is 3.30. The topological polar surface area (TPSA) is 363 Å². The Labute approximate surface area is 431 Å². The second-order valence-corrected chi connectivity index (χ2v) is 16.9. The number of rotatable bonds is 6. The molecule has 8 rings (SSSR count). The van der Waals surface area contributed by atoms with E-state index in [9.17, 15) is 25.0 Å². The van der Waals surface area contributed by atoms with Crippen LogP contribution in [0.5, 0.6) is 0 Å². The molecule has 7 N–H and O–H groups in total. The summed E-state index contributed by atoms with van der Waals surface area (Å²) in [6.07, 6.45) is 0.643. The molecule has 0 aromatic heterocycles. The van der Waals surface area contributed by atoms with Crippen LogP contribution in [0, 0.1) is 20.2 Å². The minimum absolute atomic E-state index is 0. The predicted molar refractivity (Wildman–Crippen MR) is 272 cm³/mol. The molecule has 6 aliphatic heterocycles. The van der Waals surface area contributed by atoms with E-state index in [-0.39, 0.29) is 60.4 Å². The Bertz CT molecular complexity index is 1560. The summed E-state index contributed by atoms with van der Waals surface area (Å²) in [6, 6.07) is 12.0. The first-order chi connectivity index (χ1) is 31.4. The van der Waals surface area contributed by atoms with Crippen molar-refractivity contribution in [1.82, 2.24) is 5.32 Å². The third-order valence-corrected chi connectivity index (χ3v) is 10.6. The van der Waals surface area contributed by atoms with Gasteiger partial charge in [0.2, 0.25) is 0 Å². The molecule has 2 aromatic carbocycles. The minimum atomic E-state index is -0.537. The first-order valence-electron chi connectivity index (χ1n) is 22.0. The van der Waals surface area contributed by atoms with E-state index in [4.69, 9.17) is 33.2 Å². The molecule has 404 valence electrons. The van der Waals surface area contributed by atoms with E-state index in [0.717, 1.165) is 5.56 Å². The fourth-order valence-corrected chi connectivity index (χ4v) is 6.91. The van der Waals surface area contributed by atoms with Crippen molar-refractivity contribution in [2.24, 2.45) is 17.2 Å². The van der Waals surface area contributed by atoms with Gasteiger partial charge in [-0.15, -0.1) is 78.5 Å². The summed E-state index contributed by atoms with van der Waals surface area (Å²) < 4.78 is 0. The molecule has 6 saturated heterocycles. The fourth-order valence-electron chi connectivity index (χ4n) is 6.91. The molecule has 25 heteroatoms. The van der Waals surface area contributed by atoms with Gasteiger partial charge in [-0.05, 0) is 39.9 Å². The van der Waals surface area contributed by atoms with Crippen molar-refractivity contribution >= 4 is 17.7 Å². The maximum absolute atomic E-state index is 10.9. The van der Waals surface area contributed by atoms with Gasteiger partial charge in [-0.2, -0.15) is 78.5 Å². The van der Waals surface area contributed by atoms with Gasteiger partial charge in [0.1, 0.15) is 6.29 Å². The van der Waals surface area contributed by atoms with Gasteiger partial charge < -0.3 is 86.3 Å². The summed E-state index contributed by atoms with van der Waals surface area (Å²) in [4.78, 5) is 30.3. The number of carbonyl (C=O) groups excluding carboxylic acids is 1. The van der Waals surface area contributed by atoms with Crippen molar-refractivity contribution in [3.63, 3.8) is 0 Å². The molecular weight excluding hydrogens is 988 g/mol. The van der Waals surface area contributed by atoms with E-state index >= 15 is 0 Å². The number of carbonyl (C=O) groups is 1. The van der Waals surface area contributed by atoms with E-state index in [0.29, 0.717) is 175 Å². The maximum atomic E-state index is 10.9. The first-order valence-corrected chi connectivity index (χ1v) is 22.0. The van der Waals surface area contributed by atoms with Gasteiger partial charge in [0.25, 0.3) is 11.4 Å². The summed E-state index contributed by atoms with van der Waals surface area (Å²) in [5, 5.41) is 79.9. The van der Waals surface area contributed by atoms with Crippen LogP contribution in [0.4, 0.5) is 11.4 Å². The molecule has 23 nitrogen and oxygen atoms in total. The van der Waals surface area contributed by atoms with Crippen LogP contribution in [0.2, 0.25) is 0 Å². The summed E-state index contributed by atoms with van der Waals surface area (Å²) >= 11 is 0. The third-order valence-electron chi connectivity index (χ3n) is 10.6. The summed E-state index contributed by atoms with van der Waals surface area (Å²) in [7, 11) is 0. The van der Waals surface area contributed by atoms with Gasteiger partial charge >= 0.3 is 0 Å². The molecule has 4 bridgehead atoms. The molecule has 0 spiro atoms. The number of nitro benzene ring substituents is 2. The van der Waals surface area contributed by atoms with Gasteiger partial charge in [-0.25, -0.2) is 0 Å². The van der Waals surface area contributed by atoms with Gasteiger partial charge in [-0.3, -0.25) is 25.0 Å². The van der Waals surface area contributed by atoms with Crippen molar-refractivity contribution in [2.75, 3.05) is 157 Å². The van der Waals surface area contributed by atoms with E-state index in [1.54, 1.807) is 12.1 Å². The van der Waals surface area contributed by atoms with Crippen molar-refractivity contribution in [3.8, 4) is 0 Å². The van der Waals surface area contributed by atoms with Gasteiger partial charge in [-0.1, -0.05) is 27.0 Å². The molecule has 2 radical (unpaired) electrons. The number of nitro groups is 2. The van der Waals surface area contributed by atoms with E-state index in [2.05, 4.69) is 53.2 Å². The number of nitrogens with two attached hydrogens (primary N) is 3. The molecule has 0 aliphatic carbocycles. The molecule has 0 atom stereocenters. The number of hydrogen-bond acceptors (Lipinski definition) is 9. The molecule has 6 heterocycles. The molecule has 69 heavy (non-hydrogen) atoms. The number of nitrogens with one attached hydrogen (secondary N) is 1. The van der Waals surface area contributed by atoms with Crippen LogP contribution in [0.15, 0.2) is 48.5 Å². The van der Waals surface area contributed by atoms with Crippen LogP contribution < -0.4 is 22.5 Å². The summed E-state index contributed by atoms with van der Waals surface area (Å²) in [5.74, 6) is 0. The maximum Gasteiger partial charge on any atom is 0.269 e. The number of hydrogen-bond donors (Lipinski definition) is 4. The Morgan fingerprint density at radius 3 is 0.913 bits per heavy atom. The zero-order valence-electron chi connectivity index (χ0n) is 38.0. The van der Waals surface area contributed by atoms with Crippen molar-refractivity contribution in [3.05, 3.63) is 144 Å². The predicted octanol–water partition coefficient (Wildman–Crippen LogP) is 5.72. The Morgan fingerprint density at radius 1 is 0.449 bits per heavy atom. The molecule has 0 amide bonds. The van der Waals surface area contributed by atoms with Crippen LogP contribution in [-0.4, -0.2) is 195 Å². The Balaban J connectivity index is 0.00000109. The van der Waals surface area contributed by atoms with E-state index in [1.165, 1.54) is 36.4 Å². The van der Waals surface area contributed by atoms with Crippen LogP contribution in [0.25, 0.3) is 63.8 Å². The van der Waals surface area contributed by atoms with E-state index < -0.39 is 32.0 Å². The number of nitrogens with zero attached hydrogens (tertiary/aromatic N) is 14. The standard InChI is InChI=1S/C21H33N9O2.C14H28N8.C7H5NO3.2CH4.2Cu/c22-20-12-23-5-8-26-15-21(16-27-9-6-24-13-20,17-28-10-7-25-14-20)29-11-18-1-3-19(4-2-18)30(31)32;15-13-7-17-1-2-18-8-14(16,11-21-5-3-19-9-13)12-22-6-4-20-10-13;9-5-6-1-3-7(4-2-6)8(10)11;;;;/h1-4,29H,5-17,22H2;1-12,15-16H2;1-5H;2*1H4;;/q2*-6;;;;;. The van der Waals surface area contributed by atoms with Gasteiger partial charge in [0.15, 0.2) is 0 Å². The molecule has 6 aliphatic rings. The Hall–Kier alpha value is -2.69. The van der Waals surface area contributed by atoms with E-state index in [1.807, 2.05) is 0 Å². The smallest absolute Gasteiger partial charge is 0.269 e. The zero-order chi connectivity index (χ0) is 46.7. The van der Waals surface area contributed by atoms with Crippen LogP contribution in [0.1, 0.15) is 30.8 Å². The largest absolute Gasteiger partial charge is 0.662 e. The second kappa shape index (κ2) is 36.3. The van der Waals surface area contributed by atoms with Gasteiger partial charge in [0, 0.05) is 70.5 Å². The quantitative estimate of drug-likeness (QED) is 0.119. The Morgan fingerprint density at radius 2 is 0.681 bits per heavy atom. The number of non-ortho nitro benzene ring substituents is 2. The monoisotopic (exact) mass is 1060 g/mol. The molecule has 6 fully saturated rings. The first kappa shape index (κ1) is 66.3. The number of fused-ring (bicyclic) bond motifs is 30. The van der Waals surface area contributed by atoms with Crippen molar-refractivity contribution in [2.45, 2.75) is 43.6 Å². The Kier molecular flexibility index (Phi) is 34.8. The van der Waals surface area contributed by atoms with Crippen molar-refractivity contribution in [1.29, 1.82) is 0 Å². The van der Waals surface area contributed by atoms with Gasteiger partial charge in [0.05, 0.1) is 9.85 Å². The van der Waals surface area contributed by atoms with Crippen LogP contribution in [-0.2, 0) is 40.7 Å². The fraction of sp³-hybridized carbons (Fsp3) is 0.705. The second-order valence-electron chi connectivity index (χ2n) is 16.9. The summed E-state index contributed by atoms with van der Waals surface area (Å²) in [5.41, 5.74) is 18.9. The number of benzene rings is 2. The normalized spacial score (nSPS) is 26.9. The average molecular weight is 1060 g/mol. The molecule has 2 aromatic rings. The van der Waals surface area contributed by atoms with Crippen LogP contribution >= 0.6 is 0 Å². The third kappa shape index (κ3) is 26.5. The minimum Gasteiger partial charge on any atom is -0.662 e. The molecular formula is C44H74Cu2N18O5-12. The number of aldehydes is 1. The zero-order valence-corrected chi connectivity index (χ0v) is 39.9. The molecule has 0 unspecified atom stereocenters. The molecule has 0 saturated carbocycles.